The zero-order chi connectivity index (χ0) is 15.7. The highest BCUT2D eigenvalue weighted by atomic mass is 28.3. The number of rotatable bonds is 1. The van der Waals surface area contributed by atoms with Gasteiger partial charge in [-0.1, -0.05) is 33.9 Å². The molecule has 0 amide bonds. The second-order valence-electron chi connectivity index (χ2n) is 7.80. The molecule has 116 valence electrons. The second-order valence-corrected chi connectivity index (χ2v) is 13.1. The van der Waals surface area contributed by atoms with E-state index in [9.17, 15) is 0 Å². The van der Waals surface area contributed by atoms with Gasteiger partial charge in [0.2, 0.25) is 6.79 Å². The van der Waals surface area contributed by atoms with Crippen LogP contribution in [0.15, 0.2) is 18.3 Å². The average molecular weight is 314 g/mol. The fourth-order valence-corrected chi connectivity index (χ4v) is 5.19. The molecule has 0 fully saturated rings. The van der Waals surface area contributed by atoms with Gasteiger partial charge in [-0.3, -0.25) is 4.68 Å². The molecule has 1 aromatic carbocycles. The summed E-state index contributed by atoms with van der Waals surface area (Å²) in [7, 11) is -1.64. The molecule has 1 aromatic heterocycles. The first-order chi connectivity index (χ1) is 10.3. The number of benzene rings is 1. The molecule has 0 aliphatic carbocycles. The number of ether oxygens (including phenoxy) is 2. The van der Waals surface area contributed by atoms with Crippen LogP contribution in [0.25, 0.3) is 11.3 Å². The lowest BCUT2D eigenvalue weighted by Gasteiger charge is -2.37. The number of aromatic nitrogens is 2. The van der Waals surface area contributed by atoms with Gasteiger partial charge in [-0.2, -0.15) is 5.10 Å². The zero-order valence-corrected chi connectivity index (χ0v) is 14.9. The topological polar surface area (TPSA) is 36.3 Å². The summed E-state index contributed by atoms with van der Waals surface area (Å²) < 4.78 is 13.2. The molecule has 0 spiro atoms. The molecule has 5 heteroatoms. The van der Waals surface area contributed by atoms with Crippen LogP contribution in [0, 0.1) is 0 Å². The Hall–Kier alpha value is -1.75. The molecule has 4 rings (SSSR count). The third kappa shape index (κ3) is 1.72. The monoisotopic (exact) mass is 314 g/mol. The van der Waals surface area contributed by atoms with E-state index in [-0.39, 0.29) is 5.04 Å². The van der Waals surface area contributed by atoms with Crippen LogP contribution in [0.4, 0.5) is 0 Å². The van der Waals surface area contributed by atoms with E-state index in [2.05, 4.69) is 62.0 Å². The van der Waals surface area contributed by atoms with Gasteiger partial charge in [0, 0.05) is 11.8 Å². The van der Waals surface area contributed by atoms with Gasteiger partial charge in [-0.25, -0.2) is 0 Å². The van der Waals surface area contributed by atoms with Crippen molar-refractivity contribution in [1.82, 2.24) is 9.78 Å². The Morgan fingerprint density at radius 3 is 2.50 bits per heavy atom. The van der Waals surface area contributed by atoms with Crippen molar-refractivity contribution in [3.8, 4) is 22.8 Å². The molecule has 0 saturated carbocycles. The summed E-state index contributed by atoms with van der Waals surface area (Å²) in [6.07, 6.45) is 2.10. The minimum absolute atomic E-state index is 0.288. The van der Waals surface area contributed by atoms with Crippen LogP contribution in [0.5, 0.6) is 11.5 Å². The Labute approximate surface area is 132 Å². The Morgan fingerprint density at radius 2 is 1.82 bits per heavy atom. The molecular weight excluding hydrogens is 292 g/mol. The SMILES string of the molecule is CC(C)(C)[Si](C)(C)c1cnn2c1-c1cc3c(cc1C2)OCO3. The van der Waals surface area contributed by atoms with Gasteiger partial charge in [-0.15, -0.1) is 0 Å². The quantitative estimate of drug-likeness (QED) is 0.646. The van der Waals surface area contributed by atoms with Gasteiger partial charge in [0.25, 0.3) is 0 Å². The Morgan fingerprint density at radius 1 is 1.14 bits per heavy atom. The van der Waals surface area contributed by atoms with E-state index in [0.717, 1.165) is 18.0 Å². The van der Waals surface area contributed by atoms with Crippen molar-refractivity contribution in [3.05, 3.63) is 23.9 Å². The van der Waals surface area contributed by atoms with Crippen molar-refractivity contribution >= 4 is 13.3 Å². The predicted octanol–water partition coefficient (Wildman–Crippen LogP) is 3.36. The number of hydrogen-bond acceptors (Lipinski definition) is 3. The fraction of sp³-hybridized carbons (Fsp3) is 0.471. The van der Waals surface area contributed by atoms with Crippen LogP contribution >= 0.6 is 0 Å². The van der Waals surface area contributed by atoms with E-state index in [0.29, 0.717) is 6.79 Å². The minimum atomic E-state index is -1.64. The van der Waals surface area contributed by atoms with Gasteiger partial charge in [0.05, 0.1) is 20.3 Å². The molecule has 0 saturated heterocycles. The molecule has 4 nitrogen and oxygen atoms in total. The van der Waals surface area contributed by atoms with Crippen molar-refractivity contribution in [2.75, 3.05) is 6.79 Å². The van der Waals surface area contributed by atoms with E-state index < -0.39 is 8.07 Å². The zero-order valence-electron chi connectivity index (χ0n) is 13.9. The number of fused-ring (bicyclic) bond motifs is 4. The third-order valence-corrected chi connectivity index (χ3v) is 11.0. The first-order valence-corrected chi connectivity index (χ1v) is 10.8. The minimum Gasteiger partial charge on any atom is -0.454 e. The van der Waals surface area contributed by atoms with Gasteiger partial charge in [0.15, 0.2) is 11.5 Å². The van der Waals surface area contributed by atoms with Crippen molar-refractivity contribution < 1.29 is 9.47 Å². The second kappa shape index (κ2) is 4.16. The summed E-state index contributed by atoms with van der Waals surface area (Å²) in [4.78, 5) is 0. The molecular formula is C17H22N2O2Si. The Kier molecular flexibility index (Phi) is 2.62. The highest BCUT2D eigenvalue weighted by Crippen LogP contribution is 2.44. The number of nitrogens with zero attached hydrogens (tertiary/aromatic N) is 2. The van der Waals surface area contributed by atoms with E-state index in [4.69, 9.17) is 9.47 Å². The molecule has 2 aliphatic rings. The molecule has 0 radical (unpaired) electrons. The normalized spacial score (nSPS) is 15.9. The van der Waals surface area contributed by atoms with Gasteiger partial charge in [-0.05, 0) is 27.9 Å². The maximum absolute atomic E-state index is 5.57. The van der Waals surface area contributed by atoms with Gasteiger partial charge >= 0.3 is 0 Å². The van der Waals surface area contributed by atoms with Crippen LogP contribution in [0.1, 0.15) is 26.3 Å². The standard InChI is InChI=1S/C17H22N2O2Si/c1-17(2,3)22(4,5)15-8-18-19-9-11-6-13-14(21-10-20-13)7-12(11)16(15)19/h6-8H,9-10H2,1-5H3. The Bertz CT molecular complexity index is 772. The number of hydrogen-bond donors (Lipinski definition) is 0. The Balaban J connectivity index is 1.90. The van der Waals surface area contributed by atoms with E-state index in [1.165, 1.54) is 22.0 Å². The lowest BCUT2D eigenvalue weighted by molar-refractivity contribution is 0.174. The summed E-state index contributed by atoms with van der Waals surface area (Å²) >= 11 is 0. The molecule has 0 bridgehead atoms. The van der Waals surface area contributed by atoms with Crippen molar-refractivity contribution in [2.24, 2.45) is 0 Å². The molecule has 2 aliphatic heterocycles. The van der Waals surface area contributed by atoms with Crippen molar-refractivity contribution in [1.29, 1.82) is 0 Å². The van der Waals surface area contributed by atoms with E-state index in [1.807, 2.05) is 0 Å². The predicted molar refractivity (Wildman–Crippen MR) is 89.7 cm³/mol. The van der Waals surface area contributed by atoms with Gasteiger partial charge < -0.3 is 9.47 Å². The molecule has 2 aromatic rings. The van der Waals surface area contributed by atoms with Gasteiger partial charge in [0.1, 0.15) is 0 Å². The first-order valence-electron chi connectivity index (χ1n) is 7.78. The summed E-state index contributed by atoms with van der Waals surface area (Å²) in [5.41, 5.74) is 3.84. The highest BCUT2D eigenvalue weighted by Gasteiger charge is 2.41. The van der Waals surface area contributed by atoms with Crippen LogP contribution < -0.4 is 14.7 Å². The van der Waals surface area contributed by atoms with Crippen LogP contribution in [-0.2, 0) is 6.54 Å². The van der Waals surface area contributed by atoms with Crippen molar-refractivity contribution in [3.63, 3.8) is 0 Å². The molecule has 0 atom stereocenters. The highest BCUT2D eigenvalue weighted by molar-refractivity contribution is 6.93. The molecule has 0 unspecified atom stereocenters. The maximum Gasteiger partial charge on any atom is 0.231 e. The smallest absolute Gasteiger partial charge is 0.231 e. The van der Waals surface area contributed by atoms with E-state index in [1.54, 1.807) is 0 Å². The van der Waals surface area contributed by atoms with Crippen LogP contribution in [-0.4, -0.2) is 24.6 Å². The third-order valence-electron chi connectivity index (χ3n) is 5.56. The summed E-state index contributed by atoms with van der Waals surface area (Å²) in [5, 5.41) is 6.39. The van der Waals surface area contributed by atoms with Crippen LogP contribution in [0.2, 0.25) is 18.1 Å². The lowest BCUT2D eigenvalue weighted by Crippen LogP contribution is -2.49. The maximum atomic E-state index is 5.57. The first kappa shape index (κ1) is 13.9. The van der Waals surface area contributed by atoms with E-state index >= 15 is 0 Å². The lowest BCUT2D eigenvalue weighted by atomic mass is 10.1. The largest absolute Gasteiger partial charge is 0.454 e. The average Bonchev–Trinajstić information content (AvgIpc) is 3.07. The van der Waals surface area contributed by atoms with Crippen LogP contribution in [0.3, 0.4) is 0 Å². The molecule has 22 heavy (non-hydrogen) atoms. The summed E-state index contributed by atoms with van der Waals surface area (Å²) in [6, 6.07) is 4.25. The molecule has 3 heterocycles. The molecule has 0 N–H and O–H groups in total. The summed E-state index contributed by atoms with van der Waals surface area (Å²) in [6.45, 7) is 13.1. The summed E-state index contributed by atoms with van der Waals surface area (Å²) in [5.74, 6) is 1.72. The van der Waals surface area contributed by atoms with Crippen molar-refractivity contribution in [2.45, 2.75) is 45.4 Å². The fourth-order valence-electron chi connectivity index (χ4n) is 3.15.